The van der Waals surface area contributed by atoms with E-state index in [-0.39, 0.29) is 18.6 Å². The zero-order chi connectivity index (χ0) is 14.8. The molecule has 112 valence electrons. The van der Waals surface area contributed by atoms with E-state index in [9.17, 15) is 9.90 Å². The van der Waals surface area contributed by atoms with E-state index in [2.05, 4.69) is 10.6 Å². The summed E-state index contributed by atoms with van der Waals surface area (Å²) in [4.78, 5) is 11.0. The summed E-state index contributed by atoms with van der Waals surface area (Å²) in [5.74, 6) is -0.0130. The smallest absolute Gasteiger partial charge is 0.221 e. The second kappa shape index (κ2) is 9.47. The van der Waals surface area contributed by atoms with Crippen LogP contribution in [0.15, 0.2) is 30.3 Å². The van der Waals surface area contributed by atoms with Gasteiger partial charge in [0.15, 0.2) is 0 Å². The van der Waals surface area contributed by atoms with Crippen molar-refractivity contribution >= 4 is 5.91 Å². The van der Waals surface area contributed by atoms with Gasteiger partial charge in [-0.2, -0.15) is 0 Å². The third-order valence-corrected chi connectivity index (χ3v) is 3.00. The number of benzene rings is 1. The quantitative estimate of drug-likeness (QED) is 0.587. The van der Waals surface area contributed by atoms with E-state index in [0.29, 0.717) is 19.5 Å². The molecule has 5 heteroatoms. The summed E-state index contributed by atoms with van der Waals surface area (Å²) in [5.41, 5.74) is 1.09. The number of rotatable bonds is 9. The number of aliphatic hydroxyl groups excluding tert-OH is 1. The van der Waals surface area contributed by atoms with Crippen molar-refractivity contribution in [1.29, 1.82) is 0 Å². The molecule has 0 saturated heterocycles. The molecule has 1 amide bonds. The fraction of sp³-hybridized carbons (Fsp3) is 0.533. The van der Waals surface area contributed by atoms with E-state index in [4.69, 9.17) is 4.74 Å². The molecule has 3 N–H and O–H groups in total. The number of nitrogens with one attached hydrogen (secondary N) is 2. The normalized spacial score (nSPS) is 13.8. The number of carbonyl (C=O) groups is 1. The molecular formula is C15H24N2O3. The van der Waals surface area contributed by atoms with Gasteiger partial charge in [0, 0.05) is 26.6 Å². The highest BCUT2D eigenvalue weighted by molar-refractivity contribution is 5.75. The minimum absolute atomic E-state index is 0.0130. The van der Waals surface area contributed by atoms with Crippen molar-refractivity contribution in [3.05, 3.63) is 35.9 Å². The molecule has 0 aromatic heterocycles. The van der Waals surface area contributed by atoms with Crippen LogP contribution in [0.25, 0.3) is 0 Å². The molecule has 1 aromatic rings. The van der Waals surface area contributed by atoms with Gasteiger partial charge < -0.3 is 20.5 Å². The molecule has 1 aromatic carbocycles. The van der Waals surface area contributed by atoms with Crippen LogP contribution >= 0.6 is 0 Å². The Balaban J connectivity index is 2.13. The second-order valence-electron chi connectivity index (χ2n) is 4.67. The summed E-state index contributed by atoms with van der Waals surface area (Å²) < 4.78 is 5.62. The van der Waals surface area contributed by atoms with Gasteiger partial charge in [0.1, 0.15) is 0 Å². The molecule has 0 spiro atoms. The van der Waals surface area contributed by atoms with Gasteiger partial charge in [0.2, 0.25) is 5.91 Å². The summed E-state index contributed by atoms with van der Waals surface area (Å²) >= 11 is 0. The van der Waals surface area contributed by atoms with Gasteiger partial charge in [0.25, 0.3) is 0 Å². The standard InChI is InChI=1S/C15H24N2O3/c1-12(13-6-4-3-5-7-13)20-11-14(18)10-17-9-8-15(19)16-2/h3-7,12,14,17-18H,8-11H2,1-2H3,(H,16,19). The first kappa shape index (κ1) is 16.6. The van der Waals surface area contributed by atoms with Crippen molar-refractivity contribution < 1.29 is 14.6 Å². The van der Waals surface area contributed by atoms with Crippen LogP contribution in [0, 0.1) is 0 Å². The molecule has 20 heavy (non-hydrogen) atoms. The van der Waals surface area contributed by atoms with Gasteiger partial charge >= 0.3 is 0 Å². The first-order chi connectivity index (χ1) is 9.63. The van der Waals surface area contributed by atoms with E-state index < -0.39 is 6.10 Å². The molecule has 0 aliphatic heterocycles. The predicted octanol–water partition coefficient (Wildman–Crippen LogP) is 0.851. The largest absolute Gasteiger partial charge is 0.389 e. The lowest BCUT2D eigenvalue weighted by molar-refractivity contribution is -0.120. The van der Waals surface area contributed by atoms with Gasteiger partial charge in [-0.1, -0.05) is 30.3 Å². The topological polar surface area (TPSA) is 70.6 Å². The average Bonchev–Trinajstić information content (AvgIpc) is 2.49. The van der Waals surface area contributed by atoms with Crippen molar-refractivity contribution in [3.8, 4) is 0 Å². The number of carbonyl (C=O) groups excluding carboxylic acids is 1. The molecule has 2 atom stereocenters. The zero-order valence-corrected chi connectivity index (χ0v) is 12.1. The Bertz CT molecular complexity index is 384. The maximum Gasteiger partial charge on any atom is 0.221 e. The van der Waals surface area contributed by atoms with E-state index >= 15 is 0 Å². The summed E-state index contributed by atoms with van der Waals surface area (Å²) in [5, 5.41) is 15.3. The summed E-state index contributed by atoms with van der Waals surface area (Å²) in [7, 11) is 1.61. The molecular weight excluding hydrogens is 256 g/mol. The lowest BCUT2D eigenvalue weighted by Gasteiger charge is -2.17. The zero-order valence-electron chi connectivity index (χ0n) is 12.1. The third kappa shape index (κ3) is 6.65. The maximum absolute atomic E-state index is 11.0. The highest BCUT2D eigenvalue weighted by Crippen LogP contribution is 2.15. The molecule has 1 rings (SSSR count). The van der Waals surface area contributed by atoms with Crippen LogP contribution in [0.4, 0.5) is 0 Å². The summed E-state index contributed by atoms with van der Waals surface area (Å²) in [6, 6.07) is 9.89. The van der Waals surface area contributed by atoms with Gasteiger partial charge in [-0.3, -0.25) is 4.79 Å². The van der Waals surface area contributed by atoms with Crippen molar-refractivity contribution in [1.82, 2.24) is 10.6 Å². The molecule has 0 fully saturated rings. The third-order valence-electron chi connectivity index (χ3n) is 3.00. The van der Waals surface area contributed by atoms with Gasteiger partial charge in [-0.15, -0.1) is 0 Å². The molecule has 0 heterocycles. The summed E-state index contributed by atoms with van der Waals surface area (Å²) in [6.07, 6.45) is -0.215. The van der Waals surface area contributed by atoms with E-state index in [1.807, 2.05) is 37.3 Å². The molecule has 0 aliphatic carbocycles. The molecule has 0 aliphatic rings. The molecule has 5 nitrogen and oxygen atoms in total. The van der Waals surface area contributed by atoms with Crippen molar-refractivity contribution in [2.45, 2.75) is 25.6 Å². The number of hydrogen-bond acceptors (Lipinski definition) is 4. The fourth-order valence-corrected chi connectivity index (χ4v) is 1.73. The molecule has 0 bridgehead atoms. The Morgan fingerprint density at radius 1 is 1.35 bits per heavy atom. The molecule has 0 saturated carbocycles. The minimum atomic E-state index is -0.578. The Kier molecular flexibility index (Phi) is 7.87. The van der Waals surface area contributed by atoms with Crippen LogP contribution in [0.2, 0.25) is 0 Å². The van der Waals surface area contributed by atoms with Crippen LogP contribution in [-0.2, 0) is 9.53 Å². The lowest BCUT2D eigenvalue weighted by atomic mass is 10.1. The van der Waals surface area contributed by atoms with Crippen molar-refractivity contribution in [3.63, 3.8) is 0 Å². The second-order valence-corrected chi connectivity index (χ2v) is 4.67. The monoisotopic (exact) mass is 280 g/mol. The Morgan fingerprint density at radius 3 is 2.70 bits per heavy atom. The SMILES string of the molecule is CNC(=O)CCNCC(O)COC(C)c1ccccc1. The number of aliphatic hydroxyl groups is 1. The first-order valence-corrected chi connectivity index (χ1v) is 6.89. The van der Waals surface area contributed by atoms with E-state index in [1.165, 1.54) is 0 Å². The van der Waals surface area contributed by atoms with Crippen LogP contribution < -0.4 is 10.6 Å². The number of amides is 1. The molecule has 2 unspecified atom stereocenters. The van der Waals surface area contributed by atoms with E-state index in [0.717, 1.165) is 5.56 Å². The highest BCUT2D eigenvalue weighted by atomic mass is 16.5. The van der Waals surface area contributed by atoms with Gasteiger partial charge in [0.05, 0.1) is 18.8 Å². The molecule has 0 radical (unpaired) electrons. The average molecular weight is 280 g/mol. The minimum Gasteiger partial charge on any atom is -0.389 e. The van der Waals surface area contributed by atoms with Crippen LogP contribution in [0.1, 0.15) is 25.0 Å². The van der Waals surface area contributed by atoms with Crippen molar-refractivity contribution in [2.75, 3.05) is 26.7 Å². The van der Waals surface area contributed by atoms with Crippen LogP contribution in [0.5, 0.6) is 0 Å². The Morgan fingerprint density at radius 2 is 2.05 bits per heavy atom. The number of ether oxygens (including phenoxy) is 1. The van der Waals surface area contributed by atoms with Gasteiger partial charge in [-0.25, -0.2) is 0 Å². The maximum atomic E-state index is 11.0. The van der Waals surface area contributed by atoms with Crippen LogP contribution in [0.3, 0.4) is 0 Å². The Labute approximate surface area is 120 Å². The predicted molar refractivity (Wildman–Crippen MR) is 78.4 cm³/mol. The Hall–Kier alpha value is -1.43. The van der Waals surface area contributed by atoms with E-state index in [1.54, 1.807) is 7.05 Å². The van der Waals surface area contributed by atoms with Gasteiger partial charge in [-0.05, 0) is 12.5 Å². The number of hydrogen-bond donors (Lipinski definition) is 3. The van der Waals surface area contributed by atoms with Crippen LogP contribution in [-0.4, -0.2) is 43.9 Å². The fourth-order valence-electron chi connectivity index (χ4n) is 1.73. The highest BCUT2D eigenvalue weighted by Gasteiger charge is 2.09. The van der Waals surface area contributed by atoms with Crippen molar-refractivity contribution in [2.24, 2.45) is 0 Å². The lowest BCUT2D eigenvalue weighted by Crippen LogP contribution is -2.33. The first-order valence-electron chi connectivity index (χ1n) is 6.89. The summed E-state index contributed by atoms with van der Waals surface area (Å²) in [6.45, 7) is 3.19.